The van der Waals surface area contributed by atoms with Gasteiger partial charge in [-0.15, -0.1) is 11.3 Å². The van der Waals surface area contributed by atoms with E-state index < -0.39 is 11.8 Å². The zero-order chi connectivity index (χ0) is 27.3. The minimum absolute atomic E-state index is 0.158. The Morgan fingerprint density at radius 1 is 1.15 bits per heavy atom. The van der Waals surface area contributed by atoms with Gasteiger partial charge in [-0.1, -0.05) is 13.0 Å². The first-order valence-corrected chi connectivity index (χ1v) is 14.5. The molecule has 2 aliphatic heterocycles. The van der Waals surface area contributed by atoms with E-state index in [2.05, 4.69) is 71.4 Å². The number of anilines is 1. The predicted molar refractivity (Wildman–Crippen MR) is 154 cm³/mol. The quantitative estimate of drug-likeness (QED) is 0.347. The Labute approximate surface area is 232 Å². The average Bonchev–Trinajstić information content (AvgIpc) is 3.57. The Balaban J connectivity index is 1.24. The van der Waals surface area contributed by atoms with Crippen molar-refractivity contribution in [3.8, 4) is 0 Å². The van der Waals surface area contributed by atoms with Gasteiger partial charge >= 0.3 is 11.8 Å². The fraction of sp³-hybridized carbons (Fsp3) is 0.483. The van der Waals surface area contributed by atoms with Crippen LogP contribution in [0.3, 0.4) is 0 Å². The summed E-state index contributed by atoms with van der Waals surface area (Å²) in [5.74, 6) is -0.420. The molecule has 6 rings (SSSR count). The molecule has 3 aromatic heterocycles. The molecule has 9 nitrogen and oxygen atoms in total. The summed E-state index contributed by atoms with van der Waals surface area (Å²) in [6.07, 6.45) is 8.84. The molecule has 2 amide bonds. The number of amides is 2. The summed E-state index contributed by atoms with van der Waals surface area (Å²) >= 11 is 1.79. The highest BCUT2D eigenvalue weighted by molar-refractivity contribution is 7.18. The molecule has 2 N–H and O–H groups in total. The minimum Gasteiger partial charge on any atom is -0.327 e. The number of fused-ring (bicyclic) bond motifs is 2. The zero-order valence-corrected chi connectivity index (χ0v) is 23.7. The predicted octanol–water partition coefficient (Wildman–Crippen LogP) is 5.09. The number of pyridine rings is 1. The third-order valence-electron chi connectivity index (χ3n) is 8.63. The molecule has 1 aromatic carbocycles. The van der Waals surface area contributed by atoms with Gasteiger partial charge in [-0.3, -0.25) is 19.7 Å². The molecule has 2 saturated heterocycles. The molecule has 39 heavy (non-hydrogen) atoms. The van der Waals surface area contributed by atoms with Crippen LogP contribution in [0.5, 0.6) is 0 Å². The molecule has 0 spiro atoms. The van der Waals surface area contributed by atoms with Crippen molar-refractivity contribution < 1.29 is 9.59 Å². The molecule has 0 bridgehead atoms. The normalized spacial score (nSPS) is 23.8. The standard InChI is InChI=1S/C29H35N7O2S/c1-17-5-7-23(36(16-17)28(38)26(37)32-22-15-30-13-20-14-31-34-25(20)22)18-6-8-24-21(11-18)33-27(39-24)19-9-10-35(4)29(2,3)12-19/h6,8,11,13-15,17,19,23H,5,7,9-10,12,16H2,1-4H3,(H,31,34)(H,32,37)/t17-,19-,23+/m0/s1. The number of nitrogens with one attached hydrogen (secondary N) is 2. The lowest BCUT2D eigenvalue weighted by Gasteiger charge is -2.43. The molecule has 5 heterocycles. The Hall–Kier alpha value is -3.37. The van der Waals surface area contributed by atoms with Crippen LogP contribution < -0.4 is 5.32 Å². The smallest absolute Gasteiger partial charge is 0.314 e. The maximum absolute atomic E-state index is 13.5. The molecule has 2 fully saturated rings. The molecule has 10 heteroatoms. The van der Waals surface area contributed by atoms with Gasteiger partial charge in [-0.05, 0) is 76.7 Å². The highest BCUT2D eigenvalue weighted by Crippen LogP contribution is 2.41. The third-order valence-corrected chi connectivity index (χ3v) is 9.83. The van der Waals surface area contributed by atoms with Crippen LogP contribution in [0.25, 0.3) is 21.1 Å². The molecule has 3 atom stereocenters. The van der Waals surface area contributed by atoms with Gasteiger partial charge in [0.05, 0.1) is 44.9 Å². The summed E-state index contributed by atoms with van der Waals surface area (Å²) in [6.45, 7) is 8.35. The van der Waals surface area contributed by atoms with Crippen molar-refractivity contribution in [2.24, 2.45) is 5.92 Å². The second-order valence-electron chi connectivity index (χ2n) is 11.8. The van der Waals surface area contributed by atoms with Crippen molar-refractivity contribution >= 4 is 50.0 Å². The van der Waals surface area contributed by atoms with Crippen LogP contribution in [0.2, 0.25) is 0 Å². The lowest BCUT2D eigenvalue weighted by Crippen LogP contribution is -2.46. The van der Waals surface area contributed by atoms with E-state index in [9.17, 15) is 9.59 Å². The van der Waals surface area contributed by atoms with E-state index in [-0.39, 0.29) is 11.6 Å². The van der Waals surface area contributed by atoms with Crippen LogP contribution in [-0.2, 0) is 9.59 Å². The van der Waals surface area contributed by atoms with E-state index in [0.717, 1.165) is 48.7 Å². The number of benzene rings is 1. The number of aromatic amines is 1. The van der Waals surface area contributed by atoms with Crippen LogP contribution >= 0.6 is 11.3 Å². The number of likely N-dealkylation sites (tertiary alicyclic amines) is 2. The average molecular weight is 546 g/mol. The summed E-state index contributed by atoms with van der Waals surface area (Å²) in [5.41, 5.74) is 3.27. The van der Waals surface area contributed by atoms with Crippen LogP contribution in [0.15, 0.2) is 36.8 Å². The summed E-state index contributed by atoms with van der Waals surface area (Å²) < 4.78 is 1.17. The van der Waals surface area contributed by atoms with Gasteiger partial charge in [-0.25, -0.2) is 4.98 Å². The zero-order valence-electron chi connectivity index (χ0n) is 22.9. The SMILES string of the molecule is C[C@H]1CC[C@H](c2ccc3sc([C@H]4CCN(C)C(C)(C)C4)nc3c2)N(C(=O)C(=O)Nc2cncc3cn[nH]c23)C1. The number of H-pyrrole nitrogens is 1. The summed E-state index contributed by atoms with van der Waals surface area (Å²) in [7, 11) is 2.20. The topological polar surface area (TPSA) is 107 Å². The number of rotatable bonds is 3. The largest absolute Gasteiger partial charge is 0.327 e. The Morgan fingerprint density at radius 2 is 2.00 bits per heavy atom. The van der Waals surface area contributed by atoms with Crippen molar-refractivity contribution in [2.75, 3.05) is 25.5 Å². The van der Waals surface area contributed by atoms with Crippen molar-refractivity contribution in [1.29, 1.82) is 0 Å². The maximum atomic E-state index is 13.5. The van der Waals surface area contributed by atoms with Crippen molar-refractivity contribution in [3.05, 3.63) is 47.4 Å². The highest BCUT2D eigenvalue weighted by atomic mass is 32.1. The Bertz CT molecular complexity index is 1540. The molecule has 0 saturated carbocycles. The van der Waals surface area contributed by atoms with Gasteiger partial charge in [0, 0.05) is 29.6 Å². The number of hydrogen-bond donors (Lipinski definition) is 2. The van der Waals surface area contributed by atoms with Gasteiger partial charge in [0.25, 0.3) is 0 Å². The van der Waals surface area contributed by atoms with Gasteiger partial charge in [-0.2, -0.15) is 5.10 Å². The maximum Gasteiger partial charge on any atom is 0.314 e. The van der Waals surface area contributed by atoms with E-state index >= 15 is 0 Å². The number of carbonyl (C=O) groups excluding carboxylic acids is 2. The molecule has 204 valence electrons. The Kier molecular flexibility index (Phi) is 6.63. The van der Waals surface area contributed by atoms with Gasteiger partial charge in [0.2, 0.25) is 0 Å². The molecular weight excluding hydrogens is 510 g/mol. The van der Waals surface area contributed by atoms with E-state index in [1.54, 1.807) is 28.6 Å². The number of carbonyl (C=O) groups is 2. The van der Waals surface area contributed by atoms with Crippen LogP contribution in [-0.4, -0.2) is 67.5 Å². The molecule has 2 aliphatic rings. The highest BCUT2D eigenvalue weighted by Gasteiger charge is 2.36. The minimum atomic E-state index is -0.667. The van der Waals surface area contributed by atoms with E-state index in [1.807, 2.05) is 0 Å². The van der Waals surface area contributed by atoms with Gasteiger partial charge < -0.3 is 15.1 Å². The number of hydrogen-bond acceptors (Lipinski definition) is 7. The first-order valence-electron chi connectivity index (χ1n) is 13.7. The second-order valence-corrected chi connectivity index (χ2v) is 12.9. The number of nitrogens with zero attached hydrogens (tertiary/aromatic N) is 5. The summed E-state index contributed by atoms with van der Waals surface area (Å²) in [4.78, 5) is 40.1. The van der Waals surface area contributed by atoms with Gasteiger partial charge in [0.1, 0.15) is 0 Å². The molecule has 0 aliphatic carbocycles. The first-order chi connectivity index (χ1) is 18.7. The summed E-state index contributed by atoms with van der Waals surface area (Å²) in [6, 6.07) is 6.20. The second kappa shape index (κ2) is 9.98. The third kappa shape index (κ3) is 4.91. The molecule has 4 aromatic rings. The fourth-order valence-corrected chi connectivity index (χ4v) is 7.14. The Morgan fingerprint density at radius 3 is 2.82 bits per heavy atom. The van der Waals surface area contributed by atoms with E-state index in [0.29, 0.717) is 29.6 Å². The molecular formula is C29H35N7O2S. The lowest BCUT2D eigenvalue weighted by molar-refractivity contribution is -0.146. The van der Waals surface area contributed by atoms with Crippen molar-refractivity contribution in [1.82, 2.24) is 30.0 Å². The number of thiazole rings is 1. The molecule has 0 radical (unpaired) electrons. The van der Waals surface area contributed by atoms with E-state index in [1.165, 1.54) is 15.9 Å². The van der Waals surface area contributed by atoms with Crippen LogP contribution in [0, 0.1) is 5.92 Å². The van der Waals surface area contributed by atoms with Crippen molar-refractivity contribution in [3.63, 3.8) is 0 Å². The number of aromatic nitrogens is 4. The number of piperidine rings is 2. The first kappa shape index (κ1) is 25.9. The fourth-order valence-electron chi connectivity index (χ4n) is 6.06. The monoisotopic (exact) mass is 545 g/mol. The van der Waals surface area contributed by atoms with E-state index in [4.69, 9.17) is 4.98 Å². The van der Waals surface area contributed by atoms with Crippen LogP contribution in [0.1, 0.15) is 69.0 Å². The summed E-state index contributed by atoms with van der Waals surface area (Å²) in [5, 5.41) is 11.6. The molecule has 0 unspecified atom stereocenters. The van der Waals surface area contributed by atoms with Crippen molar-refractivity contribution in [2.45, 2.75) is 64.0 Å². The van der Waals surface area contributed by atoms with Crippen LogP contribution in [0.4, 0.5) is 5.69 Å². The van der Waals surface area contributed by atoms with Gasteiger partial charge in [0.15, 0.2) is 0 Å². The lowest BCUT2D eigenvalue weighted by atomic mass is 9.83.